The summed E-state index contributed by atoms with van der Waals surface area (Å²) >= 11 is 1.46. The Kier molecular flexibility index (Phi) is 3.65. The van der Waals surface area contributed by atoms with Gasteiger partial charge in [-0.25, -0.2) is 4.39 Å². The molecule has 0 bridgehead atoms. The molecule has 7 heteroatoms. The Morgan fingerprint density at radius 1 is 1.29 bits per heavy atom. The molecule has 0 aliphatic carbocycles. The van der Waals surface area contributed by atoms with Crippen molar-refractivity contribution in [3.63, 3.8) is 0 Å². The van der Waals surface area contributed by atoms with Crippen molar-refractivity contribution in [1.82, 2.24) is 10.2 Å². The van der Waals surface area contributed by atoms with Crippen LogP contribution in [0.15, 0.2) is 40.8 Å². The summed E-state index contributed by atoms with van der Waals surface area (Å²) in [7, 11) is 0. The molecule has 122 valence electrons. The zero-order chi connectivity index (χ0) is 16.7. The predicted molar refractivity (Wildman–Crippen MR) is 90.4 cm³/mol. The van der Waals surface area contributed by atoms with Gasteiger partial charge in [0.25, 0.3) is 0 Å². The molecule has 2 N–H and O–H groups in total. The number of nitrogens with zero attached hydrogens (tertiary/aromatic N) is 1. The van der Waals surface area contributed by atoms with Crippen molar-refractivity contribution >= 4 is 23.5 Å². The van der Waals surface area contributed by atoms with Crippen molar-refractivity contribution in [3.05, 3.63) is 59.2 Å². The summed E-state index contributed by atoms with van der Waals surface area (Å²) in [5, 5.41) is 9.65. The number of nitrogens with one attached hydrogen (secondary N) is 2. The number of hydrogen-bond acceptors (Lipinski definition) is 4. The third-order valence-corrected chi connectivity index (χ3v) is 5.15. The number of aromatic amines is 1. The molecular formula is C17H14FN3O2S. The molecule has 0 spiro atoms. The molecule has 1 atom stereocenters. The number of H-pyrrole nitrogens is 1. The van der Waals surface area contributed by atoms with E-state index in [0.717, 1.165) is 11.3 Å². The van der Waals surface area contributed by atoms with Gasteiger partial charge in [-0.1, -0.05) is 12.1 Å². The van der Waals surface area contributed by atoms with Gasteiger partial charge in [0.1, 0.15) is 17.3 Å². The lowest BCUT2D eigenvalue weighted by Crippen LogP contribution is -2.12. The maximum absolute atomic E-state index is 14.0. The molecule has 5 nitrogen and oxygen atoms in total. The summed E-state index contributed by atoms with van der Waals surface area (Å²) in [6.07, 6.45) is 0. The molecule has 24 heavy (non-hydrogen) atoms. The Labute approximate surface area is 141 Å². The number of rotatable bonds is 2. The summed E-state index contributed by atoms with van der Waals surface area (Å²) in [6, 6.07) is 10.1. The van der Waals surface area contributed by atoms with Crippen LogP contribution in [0.25, 0.3) is 11.3 Å². The van der Waals surface area contributed by atoms with Crippen molar-refractivity contribution in [2.24, 2.45) is 0 Å². The first-order valence-corrected chi connectivity index (χ1v) is 8.49. The van der Waals surface area contributed by atoms with Crippen LogP contribution in [-0.4, -0.2) is 21.9 Å². The van der Waals surface area contributed by atoms with E-state index in [1.165, 1.54) is 17.8 Å². The number of amides is 1. The van der Waals surface area contributed by atoms with Gasteiger partial charge < -0.3 is 9.73 Å². The number of benzene rings is 1. The maximum atomic E-state index is 14.0. The number of carbonyl (C=O) groups excluding carboxylic acids is 1. The standard InChI is InChI=1S/C17H14FN3O2S/c1-9-15-16(24-8-14(22)19-17(15)21-20-9)13-7-6-12(23-13)10-4-2-3-5-11(10)18/h2-7,16H,8H2,1H3,(H2,19,20,21,22)/t16-/m0/s1. The molecule has 0 unspecified atom stereocenters. The van der Waals surface area contributed by atoms with Crippen LogP contribution in [0.4, 0.5) is 10.2 Å². The topological polar surface area (TPSA) is 70.9 Å². The molecule has 1 aliphatic heterocycles. The van der Waals surface area contributed by atoms with E-state index in [1.54, 1.807) is 24.3 Å². The van der Waals surface area contributed by atoms with Gasteiger partial charge in [-0.3, -0.25) is 9.89 Å². The van der Waals surface area contributed by atoms with E-state index in [4.69, 9.17) is 4.42 Å². The van der Waals surface area contributed by atoms with E-state index in [9.17, 15) is 9.18 Å². The molecule has 1 aliphatic rings. The predicted octanol–water partition coefficient (Wildman–Crippen LogP) is 3.89. The lowest BCUT2D eigenvalue weighted by molar-refractivity contribution is -0.113. The number of hydrogen-bond donors (Lipinski definition) is 2. The highest BCUT2D eigenvalue weighted by molar-refractivity contribution is 8.00. The fraction of sp³-hybridized carbons (Fsp3) is 0.176. The van der Waals surface area contributed by atoms with Gasteiger partial charge in [0.05, 0.1) is 16.6 Å². The monoisotopic (exact) mass is 343 g/mol. The minimum atomic E-state index is -0.330. The van der Waals surface area contributed by atoms with Crippen molar-refractivity contribution in [2.75, 3.05) is 11.1 Å². The number of furan rings is 1. The molecule has 4 rings (SSSR count). The highest BCUT2D eigenvalue weighted by Crippen LogP contribution is 2.43. The van der Waals surface area contributed by atoms with E-state index in [2.05, 4.69) is 15.5 Å². The van der Waals surface area contributed by atoms with Crippen LogP contribution in [0, 0.1) is 12.7 Å². The van der Waals surface area contributed by atoms with Crippen LogP contribution in [0.5, 0.6) is 0 Å². The minimum Gasteiger partial charge on any atom is -0.459 e. The van der Waals surface area contributed by atoms with E-state index >= 15 is 0 Å². The van der Waals surface area contributed by atoms with Crippen LogP contribution >= 0.6 is 11.8 Å². The van der Waals surface area contributed by atoms with Gasteiger partial charge in [-0.2, -0.15) is 5.10 Å². The highest BCUT2D eigenvalue weighted by atomic mass is 32.2. The second-order valence-corrected chi connectivity index (χ2v) is 6.63. The molecule has 0 fully saturated rings. The molecule has 0 radical (unpaired) electrons. The average molecular weight is 343 g/mol. The zero-order valence-corrected chi connectivity index (χ0v) is 13.6. The molecule has 0 saturated heterocycles. The summed E-state index contributed by atoms with van der Waals surface area (Å²) in [6.45, 7) is 1.90. The third kappa shape index (κ3) is 2.50. The van der Waals surface area contributed by atoms with Crippen LogP contribution < -0.4 is 5.32 Å². The third-order valence-electron chi connectivity index (χ3n) is 3.92. The van der Waals surface area contributed by atoms with E-state index in [0.29, 0.717) is 28.7 Å². The fourth-order valence-electron chi connectivity index (χ4n) is 2.79. The highest BCUT2D eigenvalue weighted by Gasteiger charge is 2.30. The Bertz CT molecular complexity index is 918. The number of fused-ring (bicyclic) bond motifs is 1. The quantitative estimate of drug-likeness (QED) is 0.740. The zero-order valence-electron chi connectivity index (χ0n) is 12.8. The second-order valence-electron chi connectivity index (χ2n) is 5.53. The average Bonchev–Trinajstić information content (AvgIpc) is 3.13. The van der Waals surface area contributed by atoms with Crippen molar-refractivity contribution in [3.8, 4) is 11.3 Å². The Morgan fingerprint density at radius 3 is 2.96 bits per heavy atom. The van der Waals surface area contributed by atoms with Crippen LogP contribution in [0.1, 0.15) is 22.3 Å². The van der Waals surface area contributed by atoms with Crippen LogP contribution in [-0.2, 0) is 4.79 Å². The molecule has 1 amide bonds. The number of halogens is 1. The summed E-state index contributed by atoms with van der Waals surface area (Å²) in [5.74, 6) is 1.53. The number of aryl methyl sites for hydroxylation is 1. The summed E-state index contributed by atoms with van der Waals surface area (Å²) in [5.41, 5.74) is 2.18. The van der Waals surface area contributed by atoms with E-state index in [-0.39, 0.29) is 17.0 Å². The van der Waals surface area contributed by atoms with Crippen LogP contribution in [0.2, 0.25) is 0 Å². The summed E-state index contributed by atoms with van der Waals surface area (Å²) < 4.78 is 19.9. The fourth-order valence-corrected chi connectivity index (χ4v) is 3.92. The first kappa shape index (κ1) is 15.0. The second kappa shape index (κ2) is 5.83. The SMILES string of the molecule is Cc1[nH]nc2c1[C@H](c1ccc(-c3ccccc3F)o1)SCC(=O)N2. The van der Waals surface area contributed by atoms with E-state index < -0.39 is 0 Å². The number of anilines is 1. The first-order valence-electron chi connectivity index (χ1n) is 7.44. The normalized spacial score (nSPS) is 17.2. The molecule has 2 aromatic heterocycles. The van der Waals surface area contributed by atoms with Crippen LogP contribution in [0.3, 0.4) is 0 Å². The van der Waals surface area contributed by atoms with Gasteiger partial charge in [0, 0.05) is 11.3 Å². The van der Waals surface area contributed by atoms with E-state index in [1.807, 2.05) is 13.0 Å². The minimum absolute atomic E-state index is 0.101. The molecule has 3 heterocycles. The van der Waals surface area contributed by atoms with Gasteiger partial charge >= 0.3 is 0 Å². The Morgan fingerprint density at radius 2 is 2.12 bits per heavy atom. The van der Waals surface area contributed by atoms with Gasteiger partial charge in [0.15, 0.2) is 5.82 Å². The lowest BCUT2D eigenvalue weighted by Gasteiger charge is -2.11. The molecule has 3 aromatic rings. The van der Waals surface area contributed by atoms with Crippen molar-refractivity contribution < 1.29 is 13.6 Å². The number of thioether (sulfide) groups is 1. The number of carbonyl (C=O) groups is 1. The van der Waals surface area contributed by atoms with Gasteiger partial charge in [0.2, 0.25) is 5.91 Å². The molecule has 1 aromatic carbocycles. The van der Waals surface area contributed by atoms with Gasteiger partial charge in [-0.05, 0) is 31.2 Å². The Hall–Kier alpha value is -2.54. The molecular weight excluding hydrogens is 329 g/mol. The summed E-state index contributed by atoms with van der Waals surface area (Å²) in [4.78, 5) is 11.8. The smallest absolute Gasteiger partial charge is 0.235 e. The van der Waals surface area contributed by atoms with Gasteiger partial charge in [-0.15, -0.1) is 11.8 Å². The van der Waals surface area contributed by atoms with Crippen molar-refractivity contribution in [1.29, 1.82) is 0 Å². The lowest BCUT2D eigenvalue weighted by atomic mass is 10.1. The first-order chi connectivity index (χ1) is 11.6. The molecule has 0 saturated carbocycles. The largest absolute Gasteiger partial charge is 0.459 e. The number of aromatic nitrogens is 2. The Balaban J connectivity index is 1.76. The van der Waals surface area contributed by atoms with Crippen molar-refractivity contribution in [2.45, 2.75) is 12.2 Å². The maximum Gasteiger partial charge on any atom is 0.235 e.